The van der Waals surface area contributed by atoms with Crippen LogP contribution in [0, 0.1) is 0 Å². The SMILES string of the molecule is Clc1cc(-c2ccccc2)c2ccc(Br)cc2n1. The molecule has 1 heterocycles. The van der Waals surface area contributed by atoms with E-state index in [2.05, 4.69) is 39.1 Å². The molecule has 0 spiro atoms. The van der Waals surface area contributed by atoms with Gasteiger partial charge in [0, 0.05) is 9.86 Å². The maximum atomic E-state index is 6.10. The molecule has 3 rings (SSSR count). The molecule has 0 N–H and O–H groups in total. The summed E-state index contributed by atoms with van der Waals surface area (Å²) in [5.74, 6) is 0. The maximum absolute atomic E-state index is 6.10. The Labute approximate surface area is 119 Å². The number of fused-ring (bicyclic) bond motifs is 1. The lowest BCUT2D eigenvalue weighted by Crippen LogP contribution is -1.86. The molecule has 0 saturated carbocycles. The number of pyridine rings is 1. The number of halogens is 2. The first-order valence-electron chi connectivity index (χ1n) is 5.55. The highest BCUT2D eigenvalue weighted by molar-refractivity contribution is 9.10. The Morgan fingerprint density at radius 2 is 1.72 bits per heavy atom. The first-order chi connectivity index (χ1) is 8.74. The summed E-state index contributed by atoms with van der Waals surface area (Å²) in [5, 5.41) is 1.62. The molecule has 88 valence electrons. The molecule has 3 aromatic rings. The molecule has 0 amide bonds. The lowest BCUT2D eigenvalue weighted by Gasteiger charge is -2.07. The van der Waals surface area contributed by atoms with E-state index in [-0.39, 0.29) is 0 Å². The van der Waals surface area contributed by atoms with Gasteiger partial charge in [0.25, 0.3) is 0 Å². The third-order valence-electron chi connectivity index (χ3n) is 2.83. The van der Waals surface area contributed by atoms with Crippen molar-refractivity contribution in [1.29, 1.82) is 0 Å². The van der Waals surface area contributed by atoms with Gasteiger partial charge in [0.1, 0.15) is 5.15 Å². The van der Waals surface area contributed by atoms with Gasteiger partial charge in [0.2, 0.25) is 0 Å². The number of aromatic nitrogens is 1. The average molecular weight is 319 g/mol. The van der Waals surface area contributed by atoms with Crippen LogP contribution in [0.5, 0.6) is 0 Å². The Kier molecular flexibility index (Phi) is 3.06. The third kappa shape index (κ3) is 2.14. The number of benzene rings is 2. The molecule has 0 atom stereocenters. The van der Waals surface area contributed by atoms with Crippen LogP contribution in [0.4, 0.5) is 0 Å². The van der Waals surface area contributed by atoms with Crippen molar-refractivity contribution < 1.29 is 0 Å². The Morgan fingerprint density at radius 1 is 0.944 bits per heavy atom. The largest absolute Gasteiger partial charge is 0.236 e. The van der Waals surface area contributed by atoms with Crippen LogP contribution in [0.15, 0.2) is 59.1 Å². The Balaban J connectivity index is 2.35. The van der Waals surface area contributed by atoms with Crippen LogP contribution in [0.1, 0.15) is 0 Å². The molecule has 0 unspecified atom stereocenters. The van der Waals surface area contributed by atoms with E-state index in [9.17, 15) is 0 Å². The van der Waals surface area contributed by atoms with E-state index in [4.69, 9.17) is 11.6 Å². The van der Waals surface area contributed by atoms with Crippen LogP contribution < -0.4 is 0 Å². The van der Waals surface area contributed by atoms with Crippen molar-refractivity contribution in [1.82, 2.24) is 4.98 Å². The fourth-order valence-corrected chi connectivity index (χ4v) is 2.57. The van der Waals surface area contributed by atoms with Crippen LogP contribution in [0.25, 0.3) is 22.0 Å². The van der Waals surface area contributed by atoms with Crippen LogP contribution in [-0.4, -0.2) is 4.98 Å². The van der Waals surface area contributed by atoms with E-state index in [1.807, 2.05) is 36.4 Å². The molecule has 0 saturated heterocycles. The fraction of sp³-hybridized carbons (Fsp3) is 0. The summed E-state index contributed by atoms with van der Waals surface area (Å²) in [5.41, 5.74) is 3.16. The highest BCUT2D eigenvalue weighted by atomic mass is 79.9. The van der Waals surface area contributed by atoms with Crippen molar-refractivity contribution in [3.8, 4) is 11.1 Å². The molecular formula is C15H9BrClN. The monoisotopic (exact) mass is 317 g/mol. The first-order valence-corrected chi connectivity index (χ1v) is 6.72. The zero-order valence-corrected chi connectivity index (χ0v) is 11.7. The Morgan fingerprint density at radius 3 is 2.50 bits per heavy atom. The van der Waals surface area contributed by atoms with Crippen molar-refractivity contribution in [2.24, 2.45) is 0 Å². The summed E-state index contributed by atoms with van der Waals surface area (Å²) in [7, 11) is 0. The molecule has 3 heteroatoms. The van der Waals surface area contributed by atoms with E-state index in [0.29, 0.717) is 5.15 Å². The third-order valence-corrected chi connectivity index (χ3v) is 3.51. The van der Waals surface area contributed by atoms with Crippen molar-refractivity contribution in [2.75, 3.05) is 0 Å². The normalized spacial score (nSPS) is 10.8. The van der Waals surface area contributed by atoms with Gasteiger partial charge in [0.05, 0.1) is 5.52 Å². The van der Waals surface area contributed by atoms with Gasteiger partial charge in [-0.15, -0.1) is 0 Å². The maximum Gasteiger partial charge on any atom is 0.130 e. The summed E-state index contributed by atoms with van der Waals surface area (Å²) >= 11 is 9.55. The Bertz CT molecular complexity index is 705. The smallest absolute Gasteiger partial charge is 0.130 e. The quantitative estimate of drug-likeness (QED) is 0.553. The first kappa shape index (κ1) is 11.7. The molecule has 1 nitrogen and oxygen atoms in total. The molecule has 18 heavy (non-hydrogen) atoms. The minimum Gasteiger partial charge on any atom is -0.236 e. The number of hydrogen-bond acceptors (Lipinski definition) is 1. The van der Waals surface area contributed by atoms with E-state index in [1.165, 1.54) is 0 Å². The summed E-state index contributed by atoms with van der Waals surface area (Å²) in [4.78, 5) is 4.36. The second-order valence-corrected chi connectivity index (χ2v) is 5.32. The molecule has 0 aliphatic heterocycles. The van der Waals surface area contributed by atoms with Crippen LogP contribution in [0.3, 0.4) is 0 Å². The van der Waals surface area contributed by atoms with Gasteiger partial charge in [-0.1, -0.05) is 63.9 Å². The molecule has 0 aliphatic rings. The lowest BCUT2D eigenvalue weighted by molar-refractivity contribution is 1.40. The van der Waals surface area contributed by atoms with Crippen LogP contribution in [0.2, 0.25) is 5.15 Å². The van der Waals surface area contributed by atoms with Gasteiger partial charge in [-0.25, -0.2) is 4.98 Å². The minimum absolute atomic E-state index is 0.513. The number of hydrogen-bond donors (Lipinski definition) is 0. The molecular weight excluding hydrogens is 310 g/mol. The predicted octanol–water partition coefficient (Wildman–Crippen LogP) is 5.32. The highest BCUT2D eigenvalue weighted by Crippen LogP contribution is 2.31. The second-order valence-electron chi connectivity index (χ2n) is 4.02. The van der Waals surface area contributed by atoms with Gasteiger partial charge in [-0.05, 0) is 29.3 Å². The molecule has 0 bridgehead atoms. The minimum atomic E-state index is 0.513. The molecule has 0 radical (unpaired) electrons. The summed E-state index contributed by atoms with van der Waals surface area (Å²) in [6.45, 7) is 0. The van der Waals surface area contributed by atoms with Gasteiger partial charge in [-0.3, -0.25) is 0 Å². The predicted molar refractivity (Wildman–Crippen MR) is 79.9 cm³/mol. The van der Waals surface area contributed by atoms with E-state index in [1.54, 1.807) is 0 Å². The molecule has 1 aromatic heterocycles. The lowest BCUT2D eigenvalue weighted by atomic mass is 10.0. The van der Waals surface area contributed by atoms with E-state index in [0.717, 1.165) is 26.5 Å². The standard InChI is InChI=1S/C15H9BrClN/c16-11-6-7-12-13(10-4-2-1-3-5-10)9-15(17)18-14(12)8-11/h1-9H. The Hall–Kier alpha value is -1.38. The van der Waals surface area contributed by atoms with Crippen molar-refractivity contribution in [3.05, 3.63) is 64.2 Å². The van der Waals surface area contributed by atoms with Crippen molar-refractivity contribution in [2.45, 2.75) is 0 Å². The summed E-state index contributed by atoms with van der Waals surface area (Å²) in [6, 6.07) is 18.2. The molecule has 0 fully saturated rings. The van der Waals surface area contributed by atoms with E-state index >= 15 is 0 Å². The van der Waals surface area contributed by atoms with Gasteiger partial charge < -0.3 is 0 Å². The average Bonchev–Trinajstić information content (AvgIpc) is 2.38. The zero-order valence-electron chi connectivity index (χ0n) is 9.40. The van der Waals surface area contributed by atoms with Crippen LogP contribution in [-0.2, 0) is 0 Å². The van der Waals surface area contributed by atoms with Gasteiger partial charge in [0.15, 0.2) is 0 Å². The summed E-state index contributed by atoms with van der Waals surface area (Å²) in [6.07, 6.45) is 0. The highest BCUT2D eigenvalue weighted by Gasteiger charge is 2.07. The molecule has 0 aliphatic carbocycles. The van der Waals surface area contributed by atoms with Crippen molar-refractivity contribution in [3.63, 3.8) is 0 Å². The second kappa shape index (κ2) is 4.71. The van der Waals surface area contributed by atoms with Gasteiger partial charge >= 0.3 is 0 Å². The van der Waals surface area contributed by atoms with Crippen LogP contribution >= 0.6 is 27.5 Å². The van der Waals surface area contributed by atoms with E-state index < -0.39 is 0 Å². The topological polar surface area (TPSA) is 12.9 Å². The number of nitrogens with zero attached hydrogens (tertiary/aromatic N) is 1. The molecule has 2 aromatic carbocycles. The van der Waals surface area contributed by atoms with Crippen molar-refractivity contribution >= 4 is 38.4 Å². The summed E-state index contributed by atoms with van der Waals surface area (Å²) < 4.78 is 1.00. The fourth-order valence-electron chi connectivity index (χ4n) is 2.03. The number of rotatable bonds is 1. The zero-order chi connectivity index (χ0) is 12.5. The van der Waals surface area contributed by atoms with Gasteiger partial charge in [-0.2, -0.15) is 0 Å².